The molecule has 1 heterocycles. The van der Waals surface area contributed by atoms with Crippen LogP contribution in [0.2, 0.25) is 0 Å². The first-order chi connectivity index (χ1) is 9.24. The quantitative estimate of drug-likeness (QED) is 0.587. The van der Waals surface area contributed by atoms with Gasteiger partial charge in [-0.2, -0.15) is 5.48 Å². The zero-order chi connectivity index (χ0) is 13.7. The van der Waals surface area contributed by atoms with Gasteiger partial charge < -0.3 is 14.3 Å². The Hall–Kier alpha value is -1.89. The van der Waals surface area contributed by atoms with E-state index in [1.807, 2.05) is 0 Å². The smallest absolute Gasteiger partial charge is 0.339 e. The normalized spacial score (nSPS) is 11.0. The van der Waals surface area contributed by atoms with E-state index in [0.717, 1.165) is 0 Å². The lowest BCUT2D eigenvalue weighted by molar-refractivity contribution is 0.00102. The van der Waals surface area contributed by atoms with Gasteiger partial charge in [0.25, 0.3) is 0 Å². The number of nitrogens with one attached hydrogen (secondary N) is 1. The first-order valence-corrected chi connectivity index (χ1v) is 5.81. The van der Waals surface area contributed by atoms with Crippen LogP contribution in [0.25, 0.3) is 11.0 Å². The fraction of sp³-hybridized carbons (Fsp3) is 0.308. The van der Waals surface area contributed by atoms with Gasteiger partial charge in [-0.05, 0) is 6.07 Å². The summed E-state index contributed by atoms with van der Waals surface area (Å²) in [4.78, 5) is 16.4. The Morgan fingerprint density at radius 1 is 1.37 bits per heavy atom. The third-order valence-corrected chi connectivity index (χ3v) is 2.61. The Balaban J connectivity index is 2.13. The second-order valence-corrected chi connectivity index (χ2v) is 3.86. The Morgan fingerprint density at radius 3 is 2.89 bits per heavy atom. The minimum absolute atomic E-state index is 0.165. The molecule has 0 saturated carbocycles. The van der Waals surface area contributed by atoms with E-state index >= 15 is 0 Å². The van der Waals surface area contributed by atoms with Gasteiger partial charge in [-0.25, -0.2) is 4.79 Å². The summed E-state index contributed by atoms with van der Waals surface area (Å²) in [6, 6.07) is 7.02. The first-order valence-electron chi connectivity index (χ1n) is 5.81. The van der Waals surface area contributed by atoms with Crippen LogP contribution >= 0.6 is 0 Å². The van der Waals surface area contributed by atoms with Gasteiger partial charge in [0, 0.05) is 12.5 Å². The molecule has 102 valence electrons. The monoisotopic (exact) mass is 265 g/mol. The van der Waals surface area contributed by atoms with E-state index in [1.54, 1.807) is 31.4 Å². The van der Waals surface area contributed by atoms with Crippen LogP contribution in [0.1, 0.15) is 16.1 Å². The largest absolute Gasteiger partial charge is 0.478 e. The number of para-hydroxylation sites is 1. The number of hydrogen-bond donors (Lipinski definition) is 2. The number of fused-ring (bicyclic) bond motifs is 1. The first kappa shape index (κ1) is 13.5. The van der Waals surface area contributed by atoms with Gasteiger partial charge in [-0.1, -0.05) is 18.2 Å². The number of benzene rings is 1. The third kappa shape index (κ3) is 3.11. The van der Waals surface area contributed by atoms with Crippen LogP contribution in [-0.4, -0.2) is 31.4 Å². The lowest BCUT2D eigenvalue weighted by atomic mass is 10.1. The molecule has 19 heavy (non-hydrogen) atoms. The fourth-order valence-electron chi connectivity index (χ4n) is 1.77. The fourth-order valence-corrected chi connectivity index (χ4v) is 1.77. The second-order valence-electron chi connectivity index (χ2n) is 3.86. The zero-order valence-electron chi connectivity index (χ0n) is 10.5. The van der Waals surface area contributed by atoms with Gasteiger partial charge in [0.15, 0.2) is 0 Å². The highest BCUT2D eigenvalue weighted by molar-refractivity contribution is 6.03. The maximum absolute atomic E-state index is 11.3. The Morgan fingerprint density at radius 2 is 2.16 bits per heavy atom. The molecule has 0 aliphatic heterocycles. The molecule has 1 aromatic heterocycles. The van der Waals surface area contributed by atoms with Crippen molar-refractivity contribution in [3.05, 3.63) is 35.6 Å². The summed E-state index contributed by atoms with van der Waals surface area (Å²) in [6.45, 7) is 1.01. The standard InChI is InChI=1S/C13H15NO5/c1-17-6-7-18-14-8-11-12(13(15)16)9-4-2-3-5-10(9)19-11/h2-5,14H,6-8H2,1H3,(H,15,16). The van der Waals surface area contributed by atoms with Crippen molar-refractivity contribution in [2.24, 2.45) is 0 Å². The predicted molar refractivity (Wildman–Crippen MR) is 67.8 cm³/mol. The molecule has 6 heteroatoms. The SMILES string of the molecule is COCCONCc1oc2ccccc2c1C(=O)O. The number of hydrogen-bond acceptors (Lipinski definition) is 5. The van der Waals surface area contributed by atoms with Crippen molar-refractivity contribution in [2.45, 2.75) is 6.54 Å². The number of furan rings is 1. The molecule has 0 radical (unpaired) electrons. The molecule has 2 N–H and O–H groups in total. The average Bonchev–Trinajstić information content (AvgIpc) is 2.76. The second kappa shape index (κ2) is 6.33. The van der Waals surface area contributed by atoms with Crippen LogP contribution in [0.5, 0.6) is 0 Å². The molecule has 0 amide bonds. The topological polar surface area (TPSA) is 80.9 Å². The molecular formula is C13H15NO5. The minimum Gasteiger partial charge on any atom is -0.478 e. The number of carboxylic acid groups (broad SMARTS) is 1. The Kier molecular flexibility index (Phi) is 4.51. The minimum atomic E-state index is -1.02. The molecule has 1 aromatic carbocycles. The van der Waals surface area contributed by atoms with Crippen molar-refractivity contribution < 1.29 is 23.9 Å². The molecule has 0 aliphatic carbocycles. The van der Waals surface area contributed by atoms with Gasteiger partial charge in [0.2, 0.25) is 0 Å². The molecule has 0 fully saturated rings. The highest BCUT2D eigenvalue weighted by Gasteiger charge is 2.19. The van der Waals surface area contributed by atoms with E-state index in [4.69, 9.17) is 14.0 Å². The van der Waals surface area contributed by atoms with E-state index in [9.17, 15) is 9.90 Å². The van der Waals surface area contributed by atoms with E-state index in [2.05, 4.69) is 5.48 Å². The summed E-state index contributed by atoms with van der Waals surface area (Å²) >= 11 is 0. The van der Waals surface area contributed by atoms with Crippen LogP contribution in [0.3, 0.4) is 0 Å². The molecule has 0 aliphatic rings. The maximum atomic E-state index is 11.3. The third-order valence-electron chi connectivity index (χ3n) is 2.61. The summed E-state index contributed by atoms with van der Waals surface area (Å²) in [5, 5.41) is 9.83. The van der Waals surface area contributed by atoms with E-state index in [-0.39, 0.29) is 12.1 Å². The lowest BCUT2D eigenvalue weighted by Crippen LogP contribution is -2.18. The molecule has 0 saturated heterocycles. The van der Waals surface area contributed by atoms with Crippen LogP contribution in [0.15, 0.2) is 28.7 Å². The molecule has 0 spiro atoms. The number of aromatic carboxylic acids is 1. The van der Waals surface area contributed by atoms with E-state index in [0.29, 0.717) is 29.9 Å². The number of methoxy groups -OCH3 is 1. The summed E-state index contributed by atoms with van der Waals surface area (Å²) in [6.07, 6.45) is 0. The van der Waals surface area contributed by atoms with Crippen LogP contribution in [0, 0.1) is 0 Å². The van der Waals surface area contributed by atoms with Crippen molar-refractivity contribution in [3.8, 4) is 0 Å². The molecule has 0 bridgehead atoms. The summed E-state index contributed by atoms with van der Waals surface area (Å²) in [7, 11) is 1.57. The van der Waals surface area contributed by atoms with Gasteiger partial charge in [0.05, 0.1) is 19.8 Å². The van der Waals surface area contributed by atoms with E-state index < -0.39 is 5.97 Å². The van der Waals surface area contributed by atoms with Crippen LogP contribution in [0.4, 0.5) is 0 Å². The summed E-state index contributed by atoms with van der Waals surface area (Å²) < 4.78 is 10.3. The van der Waals surface area contributed by atoms with Crippen LogP contribution in [-0.2, 0) is 16.1 Å². The zero-order valence-corrected chi connectivity index (χ0v) is 10.5. The number of ether oxygens (including phenoxy) is 1. The van der Waals surface area contributed by atoms with Crippen molar-refractivity contribution in [1.82, 2.24) is 5.48 Å². The number of carboxylic acids is 1. The highest BCUT2D eigenvalue weighted by atomic mass is 16.7. The van der Waals surface area contributed by atoms with Crippen LogP contribution < -0.4 is 5.48 Å². The molecule has 6 nitrogen and oxygen atoms in total. The summed E-state index contributed by atoms with van der Waals surface area (Å²) in [5.74, 6) is -0.676. The molecular weight excluding hydrogens is 250 g/mol. The summed E-state index contributed by atoms with van der Waals surface area (Å²) in [5.41, 5.74) is 3.37. The number of hydroxylamine groups is 1. The van der Waals surface area contributed by atoms with Crippen molar-refractivity contribution in [1.29, 1.82) is 0 Å². The average molecular weight is 265 g/mol. The van der Waals surface area contributed by atoms with E-state index in [1.165, 1.54) is 0 Å². The highest BCUT2D eigenvalue weighted by Crippen LogP contribution is 2.25. The van der Waals surface area contributed by atoms with Gasteiger partial charge in [-0.3, -0.25) is 4.84 Å². The van der Waals surface area contributed by atoms with Crippen molar-refractivity contribution in [3.63, 3.8) is 0 Å². The molecule has 2 rings (SSSR count). The van der Waals surface area contributed by atoms with Crippen molar-refractivity contribution in [2.75, 3.05) is 20.3 Å². The molecule has 0 atom stereocenters. The predicted octanol–water partition coefficient (Wildman–Crippen LogP) is 1.80. The van der Waals surface area contributed by atoms with Gasteiger partial charge in [0.1, 0.15) is 16.9 Å². The van der Waals surface area contributed by atoms with Crippen molar-refractivity contribution >= 4 is 16.9 Å². The Labute approximate surface area is 109 Å². The van der Waals surface area contributed by atoms with Gasteiger partial charge in [-0.15, -0.1) is 0 Å². The van der Waals surface area contributed by atoms with Gasteiger partial charge >= 0.3 is 5.97 Å². The Bertz CT molecular complexity index is 563. The number of rotatable bonds is 7. The molecule has 2 aromatic rings. The lowest BCUT2D eigenvalue weighted by Gasteiger charge is -2.03. The number of carbonyl (C=O) groups is 1. The molecule has 0 unspecified atom stereocenters. The maximum Gasteiger partial charge on any atom is 0.339 e.